The molecule has 1 saturated heterocycles. The molecular formula is C17H18N4O4S. The van der Waals surface area contributed by atoms with Gasteiger partial charge in [-0.2, -0.15) is 0 Å². The molecular weight excluding hydrogens is 356 g/mol. The van der Waals surface area contributed by atoms with Crippen molar-refractivity contribution in [3.63, 3.8) is 0 Å². The molecule has 0 aliphatic carbocycles. The lowest BCUT2D eigenvalue weighted by Crippen LogP contribution is -2.42. The molecule has 2 aliphatic heterocycles. The fourth-order valence-corrected chi connectivity index (χ4v) is 3.89. The van der Waals surface area contributed by atoms with Crippen molar-refractivity contribution in [2.75, 3.05) is 18.7 Å². The van der Waals surface area contributed by atoms with E-state index in [9.17, 15) is 9.59 Å². The number of rotatable bonds is 4. The van der Waals surface area contributed by atoms with Crippen LogP contribution >= 0.6 is 11.3 Å². The SMILES string of the molecule is CCC(=O)N1CCCC1C(=O)Nc1nnc(-c2ccc3c(c2)OCO3)s1. The molecule has 2 amide bonds. The van der Waals surface area contributed by atoms with Gasteiger partial charge in [-0.15, -0.1) is 10.2 Å². The average molecular weight is 374 g/mol. The minimum absolute atomic E-state index is 0.000891. The second-order valence-electron chi connectivity index (χ2n) is 6.07. The molecule has 0 saturated carbocycles. The lowest BCUT2D eigenvalue weighted by Gasteiger charge is -2.22. The van der Waals surface area contributed by atoms with Crippen molar-refractivity contribution in [3.8, 4) is 22.1 Å². The molecule has 1 aromatic heterocycles. The number of fused-ring (bicyclic) bond motifs is 1. The summed E-state index contributed by atoms with van der Waals surface area (Å²) in [5.74, 6) is 1.16. The third-order valence-electron chi connectivity index (χ3n) is 4.45. The quantitative estimate of drug-likeness (QED) is 0.882. The van der Waals surface area contributed by atoms with Gasteiger partial charge in [0.15, 0.2) is 11.5 Å². The van der Waals surface area contributed by atoms with Gasteiger partial charge in [0, 0.05) is 18.5 Å². The van der Waals surface area contributed by atoms with Crippen LogP contribution in [0.1, 0.15) is 26.2 Å². The molecule has 2 aromatic rings. The van der Waals surface area contributed by atoms with Gasteiger partial charge in [0.2, 0.25) is 23.7 Å². The Kier molecular flexibility index (Phi) is 4.46. The summed E-state index contributed by atoms with van der Waals surface area (Å²) in [5, 5.41) is 12.1. The van der Waals surface area contributed by atoms with Crippen LogP contribution in [0.25, 0.3) is 10.6 Å². The predicted octanol–water partition coefficient (Wildman–Crippen LogP) is 2.27. The van der Waals surface area contributed by atoms with Crippen LogP contribution in [0, 0.1) is 0 Å². The van der Waals surface area contributed by atoms with Gasteiger partial charge >= 0.3 is 0 Å². The van der Waals surface area contributed by atoms with Crippen molar-refractivity contribution in [2.24, 2.45) is 0 Å². The van der Waals surface area contributed by atoms with Crippen LogP contribution in [-0.4, -0.2) is 46.3 Å². The Morgan fingerprint density at radius 3 is 3.00 bits per heavy atom. The van der Waals surface area contributed by atoms with Crippen molar-refractivity contribution in [2.45, 2.75) is 32.2 Å². The van der Waals surface area contributed by atoms with Gasteiger partial charge in [0.05, 0.1) is 0 Å². The van der Waals surface area contributed by atoms with Gasteiger partial charge < -0.3 is 14.4 Å². The Morgan fingerprint density at radius 2 is 2.15 bits per heavy atom. The number of nitrogens with zero attached hydrogens (tertiary/aromatic N) is 3. The summed E-state index contributed by atoms with van der Waals surface area (Å²) in [4.78, 5) is 26.2. The summed E-state index contributed by atoms with van der Waals surface area (Å²) < 4.78 is 10.7. The number of anilines is 1. The van der Waals surface area contributed by atoms with E-state index in [1.165, 1.54) is 11.3 Å². The molecule has 0 radical (unpaired) electrons. The normalized spacial score (nSPS) is 18.2. The number of ether oxygens (including phenoxy) is 2. The Bertz CT molecular complexity index is 853. The number of carbonyl (C=O) groups is 2. The molecule has 2 aliphatic rings. The maximum absolute atomic E-state index is 12.5. The molecule has 3 heterocycles. The standard InChI is InChI=1S/C17H18N4O4S/c1-2-14(22)21-7-3-4-11(21)15(23)18-17-20-19-16(26-17)10-5-6-12-13(8-10)25-9-24-12/h5-6,8,11H,2-4,7,9H2,1H3,(H,18,20,23). The smallest absolute Gasteiger partial charge is 0.249 e. The zero-order valence-corrected chi connectivity index (χ0v) is 15.0. The number of hydrogen-bond donors (Lipinski definition) is 1. The van der Waals surface area contributed by atoms with E-state index in [-0.39, 0.29) is 18.6 Å². The summed E-state index contributed by atoms with van der Waals surface area (Å²) in [5.41, 5.74) is 0.843. The first-order chi connectivity index (χ1) is 12.7. The lowest BCUT2D eigenvalue weighted by atomic mass is 10.2. The highest BCUT2D eigenvalue weighted by Crippen LogP contribution is 2.37. The largest absolute Gasteiger partial charge is 0.454 e. The lowest BCUT2D eigenvalue weighted by molar-refractivity contribution is -0.136. The number of aromatic nitrogens is 2. The zero-order chi connectivity index (χ0) is 18.1. The number of likely N-dealkylation sites (tertiary alicyclic amines) is 1. The van der Waals surface area contributed by atoms with Crippen LogP contribution in [0.5, 0.6) is 11.5 Å². The van der Waals surface area contributed by atoms with E-state index >= 15 is 0 Å². The predicted molar refractivity (Wildman–Crippen MR) is 95.1 cm³/mol. The molecule has 136 valence electrons. The van der Waals surface area contributed by atoms with Crippen LogP contribution in [0.4, 0.5) is 5.13 Å². The topological polar surface area (TPSA) is 93.7 Å². The second kappa shape index (κ2) is 6.91. The van der Waals surface area contributed by atoms with E-state index in [1.807, 2.05) is 18.2 Å². The van der Waals surface area contributed by atoms with E-state index in [1.54, 1.807) is 11.8 Å². The summed E-state index contributed by atoms with van der Waals surface area (Å²) >= 11 is 1.28. The highest BCUT2D eigenvalue weighted by molar-refractivity contribution is 7.18. The molecule has 26 heavy (non-hydrogen) atoms. The van der Waals surface area contributed by atoms with Crippen LogP contribution in [0.2, 0.25) is 0 Å². The van der Waals surface area contributed by atoms with Crippen LogP contribution in [0.15, 0.2) is 18.2 Å². The summed E-state index contributed by atoms with van der Waals surface area (Å²) in [6.45, 7) is 2.64. The molecule has 1 unspecified atom stereocenters. The van der Waals surface area contributed by atoms with Gasteiger partial charge in [-0.1, -0.05) is 18.3 Å². The Balaban J connectivity index is 1.47. The monoisotopic (exact) mass is 374 g/mol. The molecule has 4 rings (SSSR count). The van der Waals surface area contributed by atoms with E-state index in [2.05, 4.69) is 15.5 Å². The third-order valence-corrected chi connectivity index (χ3v) is 5.34. The van der Waals surface area contributed by atoms with Crippen molar-refractivity contribution < 1.29 is 19.1 Å². The molecule has 0 spiro atoms. The molecule has 9 heteroatoms. The first kappa shape index (κ1) is 16.8. The van der Waals surface area contributed by atoms with Crippen LogP contribution in [0.3, 0.4) is 0 Å². The number of benzene rings is 1. The number of amides is 2. The maximum atomic E-state index is 12.5. The summed E-state index contributed by atoms with van der Waals surface area (Å²) in [7, 11) is 0. The molecule has 8 nitrogen and oxygen atoms in total. The van der Waals surface area contributed by atoms with E-state index in [0.29, 0.717) is 41.0 Å². The Morgan fingerprint density at radius 1 is 1.31 bits per heavy atom. The molecule has 1 fully saturated rings. The van der Waals surface area contributed by atoms with Crippen LogP contribution < -0.4 is 14.8 Å². The van der Waals surface area contributed by atoms with E-state index in [4.69, 9.17) is 9.47 Å². The Hall–Kier alpha value is -2.68. The fourth-order valence-electron chi connectivity index (χ4n) is 3.15. The Labute approximate surface area is 154 Å². The van der Waals surface area contributed by atoms with Crippen molar-refractivity contribution >= 4 is 28.3 Å². The van der Waals surface area contributed by atoms with Crippen molar-refractivity contribution in [1.29, 1.82) is 0 Å². The van der Waals surface area contributed by atoms with Crippen LogP contribution in [-0.2, 0) is 9.59 Å². The van der Waals surface area contributed by atoms with E-state index < -0.39 is 6.04 Å². The van der Waals surface area contributed by atoms with E-state index in [0.717, 1.165) is 12.0 Å². The van der Waals surface area contributed by atoms with Gasteiger partial charge in [-0.25, -0.2) is 0 Å². The number of nitrogens with one attached hydrogen (secondary N) is 1. The molecule has 1 atom stereocenters. The summed E-state index contributed by atoms with van der Waals surface area (Å²) in [6, 6.07) is 5.11. The maximum Gasteiger partial charge on any atom is 0.249 e. The second-order valence-corrected chi connectivity index (χ2v) is 7.05. The average Bonchev–Trinajstić information content (AvgIpc) is 3.39. The zero-order valence-electron chi connectivity index (χ0n) is 14.2. The highest BCUT2D eigenvalue weighted by atomic mass is 32.1. The minimum atomic E-state index is -0.430. The first-order valence-corrected chi connectivity index (χ1v) is 9.31. The fraction of sp³-hybridized carbons (Fsp3) is 0.412. The van der Waals surface area contributed by atoms with Crippen molar-refractivity contribution in [1.82, 2.24) is 15.1 Å². The number of hydrogen-bond acceptors (Lipinski definition) is 7. The van der Waals surface area contributed by atoms with Gasteiger partial charge in [-0.3, -0.25) is 14.9 Å². The molecule has 1 N–H and O–H groups in total. The van der Waals surface area contributed by atoms with Gasteiger partial charge in [0.25, 0.3) is 0 Å². The third kappa shape index (κ3) is 3.10. The molecule has 0 bridgehead atoms. The molecule has 1 aromatic carbocycles. The van der Waals surface area contributed by atoms with Gasteiger partial charge in [-0.05, 0) is 31.0 Å². The van der Waals surface area contributed by atoms with Crippen molar-refractivity contribution in [3.05, 3.63) is 18.2 Å². The number of carbonyl (C=O) groups excluding carboxylic acids is 2. The minimum Gasteiger partial charge on any atom is -0.454 e. The highest BCUT2D eigenvalue weighted by Gasteiger charge is 2.33. The summed E-state index contributed by atoms with van der Waals surface area (Å²) in [6.07, 6.45) is 1.91. The first-order valence-electron chi connectivity index (χ1n) is 8.49. The van der Waals surface area contributed by atoms with Gasteiger partial charge in [0.1, 0.15) is 11.0 Å².